The number of piperazine rings is 1. The lowest BCUT2D eigenvalue weighted by Crippen LogP contribution is -2.50. The maximum Gasteiger partial charge on any atom is 0.255 e. The molecule has 1 saturated heterocycles. The van der Waals surface area contributed by atoms with Gasteiger partial charge in [-0.25, -0.2) is 9.67 Å². The standard InChI is InChI=1S/C17H23N5O2/c1-11(2)22-16-14(10-18-22)9-15(12(3)19-16)17(24)21-7-5-20(6-8-21)13(4)23/h9-11H,5-8H2,1-4H3. The second kappa shape index (κ2) is 6.22. The predicted molar refractivity (Wildman–Crippen MR) is 90.8 cm³/mol. The monoisotopic (exact) mass is 329 g/mol. The Labute approximate surface area is 141 Å². The molecule has 2 aromatic heterocycles. The summed E-state index contributed by atoms with van der Waals surface area (Å²) < 4.78 is 1.86. The molecular formula is C17H23N5O2. The van der Waals surface area contributed by atoms with E-state index in [0.717, 1.165) is 11.0 Å². The number of rotatable bonds is 2. The van der Waals surface area contributed by atoms with Crippen LogP contribution in [-0.2, 0) is 4.79 Å². The number of amides is 2. The van der Waals surface area contributed by atoms with E-state index < -0.39 is 0 Å². The molecule has 0 bridgehead atoms. The molecule has 0 atom stereocenters. The minimum atomic E-state index is -0.0256. The topological polar surface area (TPSA) is 71.3 Å². The number of hydrogen-bond donors (Lipinski definition) is 0. The highest BCUT2D eigenvalue weighted by Gasteiger charge is 2.25. The summed E-state index contributed by atoms with van der Waals surface area (Å²) in [4.78, 5) is 32.4. The molecule has 7 heteroatoms. The first-order chi connectivity index (χ1) is 11.4. The minimum Gasteiger partial charge on any atom is -0.339 e. The van der Waals surface area contributed by atoms with E-state index in [-0.39, 0.29) is 17.9 Å². The van der Waals surface area contributed by atoms with Crippen LogP contribution in [0.2, 0.25) is 0 Å². The van der Waals surface area contributed by atoms with Crippen molar-refractivity contribution in [3.05, 3.63) is 23.5 Å². The third kappa shape index (κ3) is 2.86. The quantitative estimate of drug-likeness (QED) is 0.839. The van der Waals surface area contributed by atoms with Crippen molar-refractivity contribution < 1.29 is 9.59 Å². The molecule has 0 spiro atoms. The zero-order valence-electron chi connectivity index (χ0n) is 14.6. The molecule has 2 aromatic rings. The summed E-state index contributed by atoms with van der Waals surface area (Å²) in [5, 5.41) is 5.24. The van der Waals surface area contributed by atoms with Crippen LogP contribution in [0.4, 0.5) is 0 Å². The molecule has 24 heavy (non-hydrogen) atoms. The predicted octanol–water partition coefficient (Wildman–Crippen LogP) is 1.62. The van der Waals surface area contributed by atoms with Crippen molar-refractivity contribution in [3.8, 4) is 0 Å². The van der Waals surface area contributed by atoms with Crippen LogP contribution in [0.15, 0.2) is 12.3 Å². The normalized spacial score (nSPS) is 15.4. The fourth-order valence-electron chi connectivity index (χ4n) is 3.05. The van der Waals surface area contributed by atoms with Gasteiger partial charge in [0.2, 0.25) is 5.91 Å². The summed E-state index contributed by atoms with van der Waals surface area (Å²) >= 11 is 0. The van der Waals surface area contributed by atoms with E-state index in [1.54, 1.807) is 22.9 Å². The summed E-state index contributed by atoms with van der Waals surface area (Å²) in [5.74, 6) is 0.0323. The number of aromatic nitrogens is 3. The van der Waals surface area contributed by atoms with Gasteiger partial charge in [0.25, 0.3) is 5.91 Å². The van der Waals surface area contributed by atoms with Crippen molar-refractivity contribution >= 4 is 22.8 Å². The highest BCUT2D eigenvalue weighted by molar-refractivity contribution is 5.98. The molecule has 1 aliphatic heterocycles. The maximum absolute atomic E-state index is 12.8. The van der Waals surface area contributed by atoms with Crippen molar-refractivity contribution in [2.24, 2.45) is 0 Å². The summed E-state index contributed by atoms with van der Waals surface area (Å²) in [6, 6.07) is 2.10. The SMILES string of the molecule is CC(=O)N1CCN(C(=O)c2cc3cnn(C(C)C)c3nc2C)CC1. The van der Waals surface area contributed by atoms with E-state index in [1.807, 2.05) is 17.7 Å². The van der Waals surface area contributed by atoms with Gasteiger partial charge < -0.3 is 9.80 Å². The second-order valence-corrected chi connectivity index (χ2v) is 6.52. The number of hydrogen-bond acceptors (Lipinski definition) is 4. The van der Waals surface area contributed by atoms with Crippen LogP contribution in [0.1, 0.15) is 42.9 Å². The molecular weight excluding hydrogens is 306 g/mol. The van der Waals surface area contributed by atoms with Gasteiger partial charge in [-0.15, -0.1) is 0 Å². The molecule has 1 fully saturated rings. The van der Waals surface area contributed by atoms with Crippen LogP contribution in [0, 0.1) is 6.92 Å². The first kappa shape index (κ1) is 16.4. The second-order valence-electron chi connectivity index (χ2n) is 6.52. The Kier molecular flexibility index (Phi) is 4.26. The van der Waals surface area contributed by atoms with Crippen LogP contribution < -0.4 is 0 Å². The van der Waals surface area contributed by atoms with Gasteiger partial charge in [-0.1, -0.05) is 0 Å². The average Bonchev–Trinajstić information content (AvgIpc) is 2.96. The van der Waals surface area contributed by atoms with Crippen LogP contribution >= 0.6 is 0 Å². The van der Waals surface area contributed by atoms with Gasteiger partial charge in [-0.3, -0.25) is 9.59 Å². The Hall–Kier alpha value is -2.44. The molecule has 1 aliphatic rings. The van der Waals surface area contributed by atoms with Gasteiger partial charge in [0.05, 0.1) is 17.5 Å². The third-order valence-electron chi connectivity index (χ3n) is 4.49. The number of pyridine rings is 1. The van der Waals surface area contributed by atoms with Crippen LogP contribution in [0.3, 0.4) is 0 Å². The fourth-order valence-corrected chi connectivity index (χ4v) is 3.05. The number of carbonyl (C=O) groups excluding carboxylic acids is 2. The number of carbonyl (C=O) groups is 2. The Balaban J connectivity index is 1.85. The van der Waals surface area contributed by atoms with Crippen LogP contribution in [0.5, 0.6) is 0 Å². The molecule has 0 aromatic carbocycles. The summed E-state index contributed by atoms with van der Waals surface area (Å²) in [6.45, 7) is 9.81. The van der Waals surface area contributed by atoms with Crippen LogP contribution in [0.25, 0.3) is 11.0 Å². The lowest BCUT2D eigenvalue weighted by molar-refractivity contribution is -0.130. The maximum atomic E-state index is 12.8. The molecule has 3 rings (SSSR count). The van der Waals surface area contributed by atoms with E-state index in [0.29, 0.717) is 37.4 Å². The molecule has 7 nitrogen and oxygen atoms in total. The van der Waals surface area contributed by atoms with E-state index in [1.165, 1.54) is 0 Å². The minimum absolute atomic E-state index is 0.0256. The lowest BCUT2D eigenvalue weighted by Gasteiger charge is -2.34. The van der Waals surface area contributed by atoms with Gasteiger partial charge in [0.15, 0.2) is 5.65 Å². The van der Waals surface area contributed by atoms with Crippen molar-refractivity contribution in [2.45, 2.75) is 33.7 Å². The first-order valence-corrected chi connectivity index (χ1v) is 8.28. The zero-order valence-corrected chi connectivity index (χ0v) is 14.6. The highest BCUT2D eigenvalue weighted by Crippen LogP contribution is 2.21. The van der Waals surface area contributed by atoms with Gasteiger partial charge in [-0.2, -0.15) is 5.10 Å². The number of fused-ring (bicyclic) bond motifs is 1. The summed E-state index contributed by atoms with van der Waals surface area (Å²) in [7, 11) is 0. The molecule has 0 N–H and O–H groups in total. The number of nitrogens with zero attached hydrogens (tertiary/aromatic N) is 5. The van der Waals surface area contributed by atoms with Crippen molar-refractivity contribution in [1.82, 2.24) is 24.6 Å². The molecule has 0 saturated carbocycles. The Morgan fingerprint density at radius 3 is 2.33 bits per heavy atom. The smallest absolute Gasteiger partial charge is 0.255 e. The number of aryl methyl sites for hydroxylation is 1. The highest BCUT2D eigenvalue weighted by atomic mass is 16.2. The van der Waals surface area contributed by atoms with Crippen molar-refractivity contribution in [1.29, 1.82) is 0 Å². The van der Waals surface area contributed by atoms with E-state index in [2.05, 4.69) is 23.9 Å². The van der Waals surface area contributed by atoms with Gasteiger partial charge in [-0.05, 0) is 26.8 Å². The molecule has 0 aliphatic carbocycles. The molecule has 0 unspecified atom stereocenters. The lowest BCUT2D eigenvalue weighted by atomic mass is 10.1. The third-order valence-corrected chi connectivity index (χ3v) is 4.49. The first-order valence-electron chi connectivity index (χ1n) is 8.28. The van der Waals surface area contributed by atoms with Crippen molar-refractivity contribution in [3.63, 3.8) is 0 Å². The molecule has 128 valence electrons. The van der Waals surface area contributed by atoms with Gasteiger partial charge >= 0.3 is 0 Å². The molecule has 2 amide bonds. The van der Waals surface area contributed by atoms with E-state index in [9.17, 15) is 9.59 Å². The Bertz CT molecular complexity index is 788. The largest absolute Gasteiger partial charge is 0.339 e. The molecule has 0 radical (unpaired) electrons. The fraction of sp³-hybridized carbons (Fsp3) is 0.529. The Morgan fingerprint density at radius 2 is 1.75 bits per heavy atom. The summed E-state index contributed by atoms with van der Waals surface area (Å²) in [6.07, 6.45) is 1.76. The average molecular weight is 329 g/mol. The Morgan fingerprint density at radius 1 is 1.12 bits per heavy atom. The van der Waals surface area contributed by atoms with Gasteiger partial charge in [0.1, 0.15) is 0 Å². The van der Waals surface area contributed by atoms with E-state index >= 15 is 0 Å². The summed E-state index contributed by atoms with van der Waals surface area (Å²) in [5.41, 5.74) is 2.13. The molecule has 3 heterocycles. The van der Waals surface area contributed by atoms with Crippen LogP contribution in [-0.4, -0.2) is 62.6 Å². The van der Waals surface area contributed by atoms with Crippen molar-refractivity contribution in [2.75, 3.05) is 26.2 Å². The van der Waals surface area contributed by atoms with E-state index in [4.69, 9.17) is 0 Å². The van der Waals surface area contributed by atoms with Gasteiger partial charge in [0, 0.05) is 44.5 Å². The zero-order chi connectivity index (χ0) is 17.4.